The Hall–Kier alpha value is -1.59. The van der Waals surface area contributed by atoms with Crippen LogP contribution in [0.25, 0.3) is 0 Å². The molecule has 24 heavy (non-hydrogen) atoms. The Morgan fingerprint density at radius 2 is 2.17 bits per heavy atom. The zero-order valence-corrected chi connectivity index (χ0v) is 14.9. The number of carbonyl (C=O) groups is 1. The van der Waals surface area contributed by atoms with Gasteiger partial charge in [0.05, 0.1) is 13.2 Å². The minimum absolute atomic E-state index is 0.0743. The van der Waals surface area contributed by atoms with Crippen molar-refractivity contribution in [2.24, 2.45) is 0 Å². The summed E-state index contributed by atoms with van der Waals surface area (Å²) in [6.07, 6.45) is 4.98. The van der Waals surface area contributed by atoms with Gasteiger partial charge in [0.1, 0.15) is 11.9 Å². The summed E-state index contributed by atoms with van der Waals surface area (Å²) in [5.74, 6) is 1.07. The molecule has 1 N–H and O–H groups in total. The summed E-state index contributed by atoms with van der Waals surface area (Å²) in [5.41, 5.74) is 2.68. The first kappa shape index (κ1) is 17.2. The molecule has 0 saturated carbocycles. The van der Waals surface area contributed by atoms with E-state index in [1.807, 2.05) is 6.07 Å². The van der Waals surface area contributed by atoms with Gasteiger partial charge in [0, 0.05) is 26.7 Å². The van der Waals surface area contributed by atoms with Gasteiger partial charge in [-0.15, -0.1) is 0 Å². The molecule has 0 radical (unpaired) electrons. The van der Waals surface area contributed by atoms with E-state index in [0.717, 1.165) is 44.4 Å². The third kappa shape index (κ3) is 3.57. The van der Waals surface area contributed by atoms with Crippen molar-refractivity contribution in [1.82, 2.24) is 10.2 Å². The zero-order valence-electron chi connectivity index (χ0n) is 14.9. The molecule has 1 aromatic carbocycles. The lowest BCUT2D eigenvalue weighted by Gasteiger charge is -2.28. The van der Waals surface area contributed by atoms with E-state index in [2.05, 4.69) is 17.4 Å². The third-order valence-electron chi connectivity index (χ3n) is 5.10. The van der Waals surface area contributed by atoms with Gasteiger partial charge < -0.3 is 19.7 Å². The van der Waals surface area contributed by atoms with Crippen LogP contribution in [-0.4, -0.2) is 50.8 Å². The summed E-state index contributed by atoms with van der Waals surface area (Å²) >= 11 is 0. The van der Waals surface area contributed by atoms with Crippen LogP contribution < -0.4 is 10.1 Å². The normalized spacial score (nSPS) is 26.0. The molecule has 1 aliphatic carbocycles. The summed E-state index contributed by atoms with van der Waals surface area (Å²) < 4.78 is 11.4. The summed E-state index contributed by atoms with van der Waals surface area (Å²) in [6.45, 7) is 0.790. The number of ether oxygens (including phenoxy) is 2. The first-order chi connectivity index (χ1) is 11.6. The maximum atomic E-state index is 12.0. The van der Waals surface area contributed by atoms with Crippen molar-refractivity contribution in [1.29, 1.82) is 0 Å². The number of nitrogens with one attached hydrogen (secondary N) is 1. The van der Waals surface area contributed by atoms with Crippen LogP contribution in [0.1, 0.15) is 42.9 Å². The molecule has 1 fully saturated rings. The Kier molecular flexibility index (Phi) is 5.41. The van der Waals surface area contributed by atoms with E-state index in [1.54, 1.807) is 26.1 Å². The fraction of sp³-hybridized carbons (Fsp3) is 0.632. The highest BCUT2D eigenvalue weighted by Crippen LogP contribution is 2.35. The molecule has 1 aromatic rings. The molecule has 3 rings (SSSR count). The van der Waals surface area contributed by atoms with E-state index >= 15 is 0 Å². The largest absolute Gasteiger partial charge is 0.496 e. The summed E-state index contributed by atoms with van der Waals surface area (Å²) in [7, 11) is 5.30. The molecule has 1 aliphatic heterocycles. The molecule has 1 amide bonds. The van der Waals surface area contributed by atoms with Crippen LogP contribution in [0, 0.1) is 0 Å². The first-order valence-corrected chi connectivity index (χ1v) is 8.86. The molecule has 0 unspecified atom stereocenters. The highest BCUT2D eigenvalue weighted by molar-refractivity contribution is 5.80. The minimum Gasteiger partial charge on any atom is -0.496 e. The third-order valence-corrected chi connectivity index (χ3v) is 5.10. The number of fused-ring (bicyclic) bond motifs is 1. The van der Waals surface area contributed by atoms with Crippen molar-refractivity contribution < 1.29 is 14.3 Å². The highest BCUT2D eigenvalue weighted by atomic mass is 16.5. The molecule has 1 saturated heterocycles. The number of rotatable bonds is 5. The molecule has 3 atom stereocenters. The van der Waals surface area contributed by atoms with Crippen LogP contribution in [0.2, 0.25) is 0 Å². The molecule has 0 spiro atoms. The maximum Gasteiger partial charge on any atom is 0.251 e. The van der Waals surface area contributed by atoms with Crippen LogP contribution in [0.15, 0.2) is 18.2 Å². The monoisotopic (exact) mass is 332 g/mol. The lowest BCUT2D eigenvalue weighted by Crippen LogP contribution is -2.36. The predicted molar refractivity (Wildman–Crippen MR) is 93.3 cm³/mol. The molecule has 5 nitrogen and oxygen atoms in total. The van der Waals surface area contributed by atoms with Crippen LogP contribution in [0.5, 0.6) is 5.75 Å². The topological polar surface area (TPSA) is 50.8 Å². The van der Waals surface area contributed by atoms with Crippen molar-refractivity contribution in [2.75, 3.05) is 27.7 Å². The Morgan fingerprint density at radius 3 is 2.92 bits per heavy atom. The summed E-state index contributed by atoms with van der Waals surface area (Å²) in [4.78, 5) is 13.6. The van der Waals surface area contributed by atoms with Crippen molar-refractivity contribution in [3.8, 4) is 5.75 Å². The number of carbonyl (C=O) groups excluding carboxylic acids is 1. The Morgan fingerprint density at radius 1 is 1.33 bits per heavy atom. The summed E-state index contributed by atoms with van der Waals surface area (Å²) in [5, 5.41) is 3.65. The second-order valence-electron chi connectivity index (χ2n) is 6.94. The fourth-order valence-electron chi connectivity index (χ4n) is 3.82. The number of likely N-dealkylation sites (N-methyl/N-ethyl adjacent to an activating group) is 1. The quantitative estimate of drug-likeness (QED) is 0.899. The van der Waals surface area contributed by atoms with Gasteiger partial charge in [-0.25, -0.2) is 0 Å². The number of amides is 1. The molecule has 0 aromatic heterocycles. The predicted octanol–water partition coefficient (Wildman–Crippen LogP) is 2.30. The van der Waals surface area contributed by atoms with Gasteiger partial charge in [0.2, 0.25) is 0 Å². The van der Waals surface area contributed by atoms with Crippen molar-refractivity contribution >= 4 is 5.91 Å². The van der Waals surface area contributed by atoms with Crippen LogP contribution in [-0.2, 0) is 16.0 Å². The van der Waals surface area contributed by atoms with Crippen LogP contribution in [0.4, 0.5) is 0 Å². The number of benzene rings is 1. The standard InChI is InChI=1S/C19H28N2O3/c1-21(2)19(22)18-11-10-13(24-18)12-20-16-8-4-7-15-14(16)6-5-9-17(15)23-3/h5-6,9,13,16,18,20H,4,7-8,10-12H2,1-3H3/t13-,16+,18-/m1/s1. The number of methoxy groups -OCH3 is 1. The zero-order chi connectivity index (χ0) is 17.1. The second-order valence-corrected chi connectivity index (χ2v) is 6.94. The molecule has 0 bridgehead atoms. The van der Waals surface area contributed by atoms with Gasteiger partial charge in [-0.2, -0.15) is 0 Å². The lowest BCUT2D eigenvalue weighted by atomic mass is 9.87. The Bertz CT molecular complexity index is 588. The fourth-order valence-corrected chi connectivity index (χ4v) is 3.82. The smallest absolute Gasteiger partial charge is 0.251 e. The molecular formula is C19H28N2O3. The number of hydrogen-bond donors (Lipinski definition) is 1. The van der Waals surface area contributed by atoms with E-state index in [4.69, 9.17) is 9.47 Å². The first-order valence-electron chi connectivity index (χ1n) is 8.86. The van der Waals surface area contributed by atoms with Gasteiger partial charge >= 0.3 is 0 Å². The molecule has 2 aliphatic rings. The van der Waals surface area contributed by atoms with Crippen LogP contribution >= 0.6 is 0 Å². The molecule has 5 heteroatoms. The summed E-state index contributed by atoms with van der Waals surface area (Å²) in [6, 6.07) is 6.65. The van der Waals surface area contributed by atoms with Crippen molar-refractivity contribution in [2.45, 2.75) is 50.4 Å². The van der Waals surface area contributed by atoms with Gasteiger partial charge in [0.25, 0.3) is 5.91 Å². The van der Waals surface area contributed by atoms with E-state index in [0.29, 0.717) is 6.04 Å². The van der Waals surface area contributed by atoms with E-state index in [-0.39, 0.29) is 18.1 Å². The SMILES string of the molecule is COc1cccc2c1CCC[C@@H]2NC[C@H]1CC[C@H](C(=O)N(C)C)O1. The van der Waals surface area contributed by atoms with Crippen molar-refractivity contribution in [3.05, 3.63) is 29.3 Å². The van der Waals surface area contributed by atoms with E-state index in [1.165, 1.54) is 11.1 Å². The molecule has 132 valence electrons. The Balaban J connectivity index is 1.58. The second kappa shape index (κ2) is 7.53. The van der Waals surface area contributed by atoms with Gasteiger partial charge in [-0.3, -0.25) is 4.79 Å². The molecular weight excluding hydrogens is 304 g/mol. The van der Waals surface area contributed by atoms with Gasteiger partial charge in [0.15, 0.2) is 0 Å². The van der Waals surface area contributed by atoms with Crippen LogP contribution in [0.3, 0.4) is 0 Å². The van der Waals surface area contributed by atoms with Gasteiger partial charge in [-0.05, 0) is 49.3 Å². The minimum atomic E-state index is -0.273. The maximum absolute atomic E-state index is 12.0. The van der Waals surface area contributed by atoms with E-state index < -0.39 is 0 Å². The van der Waals surface area contributed by atoms with Crippen molar-refractivity contribution in [3.63, 3.8) is 0 Å². The Labute approximate surface area is 144 Å². The molecule has 1 heterocycles. The number of hydrogen-bond acceptors (Lipinski definition) is 4. The highest BCUT2D eigenvalue weighted by Gasteiger charge is 2.32. The van der Waals surface area contributed by atoms with E-state index in [9.17, 15) is 4.79 Å². The average molecular weight is 332 g/mol. The lowest BCUT2D eigenvalue weighted by molar-refractivity contribution is -0.140. The number of nitrogens with zero attached hydrogens (tertiary/aromatic N) is 1. The van der Waals surface area contributed by atoms with Gasteiger partial charge in [-0.1, -0.05) is 12.1 Å². The average Bonchev–Trinajstić information content (AvgIpc) is 3.07.